The standard InChI is InChI=1S/C19H24O6/c1-10(2)16(20)24-14-9-18(5)6-7-19(22,25-18)11(3)8-13-15(14)12(4)17(21)23-13/h6-8,10,13-15,22H,4,9H2,1-3,5H3/b11-8-/t13-,14+,15-,18?,19+/m0/s1. The van der Waals surface area contributed by atoms with E-state index >= 15 is 0 Å². The molecule has 1 fully saturated rings. The monoisotopic (exact) mass is 348 g/mol. The van der Waals surface area contributed by atoms with Crippen molar-refractivity contribution in [2.75, 3.05) is 0 Å². The molecule has 0 aliphatic carbocycles. The maximum absolute atomic E-state index is 12.2. The third-order valence-corrected chi connectivity index (χ3v) is 5.04. The first-order valence-corrected chi connectivity index (χ1v) is 8.47. The molecule has 0 aromatic carbocycles. The lowest BCUT2D eigenvalue weighted by Gasteiger charge is -2.33. The quantitative estimate of drug-likeness (QED) is 0.467. The van der Waals surface area contributed by atoms with Crippen LogP contribution in [-0.4, -0.2) is 40.6 Å². The number of hydrogen-bond acceptors (Lipinski definition) is 6. The molecule has 136 valence electrons. The first kappa shape index (κ1) is 17.9. The lowest BCUT2D eigenvalue weighted by Crippen LogP contribution is -2.41. The van der Waals surface area contributed by atoms with Crippen molar-refractivity contribution in [3.63, 3.8) is 0 Å². The molecule has 1 N–H and O–H groups in total. The largest absolute Gasteiger partial charge is 0.461 e. The average Bonchev–Trinajstić information content (AvgIpc) is 2.97. The lowest BCUT2D eigenvalue weighted by molar-refractivity contribution is -0.190. The fourth-order valence-electron chi connectivity index (χ4n) is 3.51. The second-order valence-electron chi connectivity index (χ2n) is 7.55. The molecule has 3 rings (SSSR count). The number of carbonyl (C=O) groups is 2. The molecule has 0 radical (unpaired) electrons. The molecule has 0 spiro atoms. The van der Waals surface area contributed by atoms with Crippen molar-refractivity contribution in [2.45, 2.75) is 57.7 Å². The Bertz CT molecular complexity index is 690. The Hall–Kier alpha value is -1.92. The Morgan fingerprint density at radius 2 is 2.12 bits per heavy atom. The second-order valence-corrected chi connectivity index (χ2v) is 7.55. The van der Waals surface area contributed by atoms with E-state index in [1.165, 1.54) is 0 Å². The molecule has 0 amide bonds. The van der Waals surface area contributed by atoms with Crippen molar-refractivity contribution in [1.82, 2.24) is 0 Å². The van der Waals surface area contributed by atoms with Gasteiger partial charge >= 0.3 is 11.9 Å². The van der Waals surface area contributed by atoms with E-state index in [9.17, 15) is 14.7 Å². The van der Waals surface area contributed by atoms with Crippen molar-refractivity contribution in [2.24, 2.45) is 11.8 Å². The topological polar surface area (TPSA) is 82.1 Å². The van der Waals surface area contributed by atoms with Gasteiger partial charge in [-0.1, -0.05) is 26.5 Å². The first-order chi connectivity index (χ1) is 11.5. The number of rotatable bonds is 2. The summed E-state index contributed by atoms with van der Waals surface area (Å²) < 4.78 is 17.0. The van der Waals surface area contributed by atoms with E-state index in [1.807, 2.05) is 6.92 Å². The molecule has 0 aromatic rings. The van der Waals surface area contributed by atoms with Gasteiger partial charge in [-0.15, -0.1) is 0 Å². The third kappa shape index (κ3) is 3.04. The molecule has 2 bridgehead atoms. The fourth-order valence-corrected chi connectivity index (χ4v) is 3.51. The highest BCUT2D eigenvalue weighted by molar-refractivity contribution is 5.91. The van der Waals surface area contributed by atoms with Gasteiger partial charge in [0.25, 0.3) is 0 Å². The Morgan fingerprint density at radius 1 is 1.44 bits per heavy atom. The minimum absolute atomic E-state index is 0.271. The van der Waals surface area contributed by atoms with Gasteiger partial charge < -0.3 is 19.3 Å². The van der Waals surface area contributed by atoms with Crippen LogP contribution in [-0.2, 0) is 23.8 Å². The van der Waals surface area contributed by atoms with Crippen LogP contribution >= 0.6 is 0 Å². The van der Waals surface area contributed by atoms with Gasteiger partial charge in [0.05, 0.1) is 17.4 Å². The average molecular weight is 348 g/mol. The van der Waals surface area contributed by atoms with Crippen molar-refractivity contribution < 1.29 is 28.9 Å². The van der Waals surface area contributed by atoms with E-state index in [0.29, 0.717) is 5.57 Å². The Balaban J connectivity index is 2.04. The van der Waals surface area contributed by atoms with Crippen LogP contribution in [0.3, 0.4) is 0 Å². The zero-order valence-electron chi connectivity index (χ0n) is 14.9. The molecule has 3 aliphatic heterocycles. The van der Waals surface area contributed by atoms with Crippen LogP contribution < -0.4 is 0 Å². The summed E-state index contributed by atoms with van der Waals surface area (Å²) in [5.74, 6) is -3.26. The van der Waals surface area contributed by atoms with E-state index in [-0.39, 0.29) is 23.9 Å². The molecule has 25 heavy (non-hydrogen) atoms. The number of ether oxygens (including phenoxy) is 3. The number of esters is 2. The Morgan fingerprint density at radius 3 is 2.76 bits per heavy atom. The number of hydrogen-bond donors (Lipinski definition) is 1. The SMILES string of the molecule is C=C1C(=O)O[C@H]2/C=C(/C)[C@@]3(O)C=CC(C)(C[C@@H](OC(=O)C(C)C)[C@@H]12)O3. The van der Waals surface area contributed by atoms with Gasteiger partial charge in [-0.3, -0.25) is 4.79 Å². The molecular weight excluding hydrogens is 324 g/mol. The molecule has 1 saturated heterocycles. The summed E-state index contributed by atoms with van der Waals surface area (Å²) in [6.45, 7) is 10.9. The van der Waals surface area contributed by atoms with Crippen molar-refractivity contribution in [1.29, 1.82) is 0 Å². The van der Waals surface area contributed by atoms with Gasteiger partial charge in [0.1, 0.15) is 12.2 Å². The molecule has 6 heteroatoms. The smallest absolute Gasteiger partial charge is 0.334 e. The second kappa shape index (κ2) is 5.81. The molecule has 0 aromatic heterocycles. The minimum Gasteiger partial charge on any atom is -0.461 e. The highest BCUT2D eigenvalue weighted by Crippen LogP contribution is 2.44. The molecule has 3 aliphatic rings. The zero-order valence-corrected chi connectivity index (χ0v) is 14.9. The third-order valence-electron chi connectivity index (χ3n) is 5.04. The summed E-state index contributed by atoms with van der Waals surface area (Å²) in [4.78, 5) is 24.3. The van der Waals surface area contributed by atoms with Crippen molar-refractivity contribution in [3.05, 3.63) is 36.0 Å². The van der Waals surface area contributed by atoms with Crippen molar-refractivity contribution in [3.8, 4) is 0 Å². The number of aliphatic hydroxyl groups is 1. The first-order valence-electron chi connectivity index (χ1n) is 8.47. The van der Waals surface area contributed by atoms with Crippen LogP contribution in [0.4, 0.5) is 0 Å². The summed E-state index contributed by atoms with van der Waals surface area (Å²) in [5, 5.41) is 10.7. The lowest BCUT2D eigenvalue weighted by atomic mass is 9.83. The molecular formula is C19H24O6. The predicted octanol–water partition coefficient (Wildman–Crippen LogP) is 2.04. The highest BCUT2D eigenvalue weighted by Gasteiger charge is 2.52. The van der Waals surface area contributed by atoms with Gasteiger partial charge in [0.15, 0.2) is 0 Å². The van der Waals surface area contributed by atoms with E-state index < -0.39 is 35.5 Å². The minimum atomic E-state index is -1.56. The summed E-state index contributed by atoms with van der Waals surface area (Å²) in [7, 11) is 0. The fraction of sp³-hybridized carbons (Fsp3) is 0.579. The van der Waals surface area contributed by atoms with Gasteiger partial charge in [0.2, 0.25) is 5.79 Å². The van der Waals surface area contributed by atoms with Gasteiger partial charge in [0, 0.05) is 12.0 Å². The summed E-state index contributed by atoms with van der Waals surface area (Å²) in [5.41, 5.74) is -0.0548. The van der Waals surface area contributed by atoms with Crippen LogP contribution in [0.5, 0.6) is 0 Å². The zero-order chi connectivity index (χ0) is 18.6. The highest BCUT2D eigenvalue weighted by atomic mass is 16.6. The Labute approximate surface area is 147 Å². The number of carbonyl (C=O) groups excluding carboxylic acids is 2. The normalized spacial score (nSPS) is 42.2. The van der Waals surface area contributed by atoms with Crippen LogP contribution in [0.2, 0.25) is 0 Å². The van der Waals surface area contributed by atoms with Gasteiger partial charge in [-0.2, -0.15) is 0 Å². The van der Waals surface area contributed by atoms with Gasteiger partial charge in [-0.25, -0.2) is 4.79 Å². The van der Waals surface area contributed by atoms with E-state index in [4.69, 9.17) is 14.2 Å². The van der Waals surface area contributed by atoms with Crippen LogP contribution in [0.25, 0.3) is 0 Å². The van der Waals surface area contributed by atoms with Crippen LogP contribution in [0.1, 0.15) is 34.1 Å². The molecule has 0 saturated carbocycles. The maximum Gasteiger partial charge on any atom is 0.334 e. The molecule has 6 nitrogen and oxygen atoms in total. The van der Waals surface area contributed by atoms with Crippen molar-refractivity contribution >= 4 is 11.9 Å². The molecule has 3 heterocycles. The van der Waals surface area contributed by atoms with Crippen LogP contribution in [0, 0.1) is 11.8 Å². The number of fused-ring (bicyclic) bond motifs is 3. The molecule has 5 atom stereocenters. The summed E-state index contributed by atoms with van der Waals surface area (Å²) >= 11 is 0. The maximum atomic E-state index is 12.2. The van der Waals surface area contributed by atoms with E-state index in [1.54, 1.807) is 39.0 Å². The van der Waals surface area contributed by atoms with E-state index in [0.717, 1.165) is 0 Å². The molecule has 1 unspecified atom stereocenters. The summed E-state index contributed by atoms with van der Waals surface area (Å²) in [6, 6.07) is 0. The van der Waals surface area contributed by atoms with Gasteiger partial charge in [-0.05, 0) is 31.6 Å². The van der Waals surface area contributed by atoms with E-state index in [2.05, 4.69) is 6.58 Å². The predicted molar refractivity (Wildman–Crippen MR) is 89.2 cm³/mol. The Kier molecular flexibility index (Phi) is 4.16. The summed E-state index contributed by atoms with van der Waals surface area (Å²) in [6.07, 6.45) is 3.96. The van der Waals surface area contributed by atoms with Crippen LogP contribution in [0.15, 0.2) is 36.0 Å².